The first kappa shape index (κ1) is 11.5. The van der Waals surface area contributed by atoms with Gasteiger partial charge in [-0.1, -0.05) is 11.2 Å². The van der Waals surface area contributed by atoms with Crippen molar-refractivity contribution in [3.05, 3.63) is 29.0 Å². The van der Waals surface area contributed by atoms with Gasteiger partial charge >= 0.3 is 0 Å². The number of aryl methyl sites for hydroxylation is 3. The Morgan fingerprint density at radius 2 is 1.94 bits per heavy atom. The summed E-state index contributed by atoms with van der Waals surface area (Å²) in [6.07, 6.45) is 0. The van der Waals surface area contributed by atoms with E-state index in [1.165, 1.54) is 0 Å². The van der Waals surface area contributed by atoms with E-state index >= 15 is 0 Å². The van der Waals surface area contributed by atoms with Gasteiger partial charge in [0.25, 0.3) is 0 Å². The van der Waals surface area contributed by atoms with Crippen LogP contribution in [0.1, 0.15) is 16.8 Å². The summed E-state index contributed by atoms with van der Waals surface area (Å²) in [5.41, 5.74) is 10.3. The molecule has 0 radical (unpaired) electrons. The van der Waals surface area contributed by atoms with Crippen molar-refractivity contribution in [3.63, 3.8) is 0 Å². The first-order valence-electron chi connectivity index (χ1n) is 5.42. The van der Waals surface area contributed by atoms with Crippen LogP contribution in [0.15, 0.2) is 16.7 Å². The first-order chi connectivity index (χ1) is 8.04. The largest absolute Gasteiger partial charge is 0.496 e. The molecule has 0 bridgehead atoms. The van der Waals surface area contributed by atoms with Crippen molar-refractivity contribution in [1.82, 2.24) is 5.16 Å². The van der Waals surface area contributed by atoms with Gasteiger partial charge in [0, 0.05) is 0 Å². The molecule has 4 nitrogen and oxygen atoms in total. The monoisotopic (exact) mass is 232 g/mol. The number of anilines is 1. The Morgan fingerprint density at radius 1 is 1.24 bits per heavy atom. The van der Waals surface area contributed by atoms with E-state index in [4.69, 9.17) is 15.0 Å². The van der Waals surface area contributed by atoms with Crippen LogP contribution in [0.25, 0.3) is 11.3 Å². The lowest BCUT2D eigenvalue weighted by molar-refractivity contribution is 0.404. The van der Waals surface area contributed by atoms with Crippen molar-refractivity contribution < 1.29 is 9.26 Å². The van der Waals surface area contributed by atoms with Gasteiger partial charge in [0.2, 0.25) is 0 Å². The van der Waals surface area contributed by atoms with Crippen molar-refractivity contribution in [2.45, 2.75) is 20.8 Å². The van der Waals surface area contributed by atoms with E-state index < -0.39 is 0 Å². The fraction of sp³-hybridized carbons (Fsp3) is 0.308. The van der Waals surface area contributed by atoms with Crippen LogP contribution >= 0.6 is 0 Å². The van der Waals surface area contributed by atoms with Gasteiger partial charge in [-0.25, -0.2) is 0 Å². The van der Waals surface area contributed by atoms with E-state index in [0.717, 1.165) is 22.4 Å². The second-order valence-corrected chi connectivity index (χ2v) is 4.17. The summed E-state index contributed by atoms with van der Waals surface area (Å²) < 4.78 is 10.7. The van der Waals surface area contributed by atoms with Gasteiger partial charge in [0.15, 0.2) is 5.76 Å². The SMILES string of the molecule is COc1cc(C)cc(C)c1-c1onc(C)c1N. The molecular weight excluding hydrogens is 216 g/mol. The molecule has 0 saturated heterocycles. The Morgan fingerprint density at radius 3 is 2.47 bits per heavy atom. The minimum atomic E-state index is 0.565. The van der Waals surface area contributed by atoms with Gasteiger partial charge in [0.05, 0.1) is 12.7 Å². The van der Waals surface area contributed by atoms with Gasteiger partial charge in [-0.15, -0.1) is 0 Å². The molecule has 0 aliphatic carbocycles. The Hall–Kier alpha value is -1.97. The van der Waals surface area contributed by atoms with Crippen LogP contribution in [0.2, 0.25) is 0 Å². The third kappa shape index (κ3) is 1.86. The molecule has 4 heteroatoms. The molecule has 90 valence electrons. The molecule has 0 unspecified atom stereocenters. The molecule has 2 N–H and O–H groups in total. The molecule has 2 aromatic rings. The summed E-state index contributed by atoms with van der Waals surface area (Å²) in [7, 11) is 1.64. The number of nitrogen functional groups attached to an aromatic ring is 1. The number of hydrogen-bond donors (Lipinski definition) is 1. The highest BCUT2D eigenvalue weighted by atomic mass is 16.5. The molecule has 0 amide bonds. The van der Waals surface area contributed by atoms with E-state index in [0.29, 0.717) is 17.1 Å². The van der Waals surface area contributed by atoms with Gasteiger partial charge in [0.1, 0.15) is 17.1 Å². The maximum Gasteiger partial charge on any atom is 0.193 e. The number of ether oxygens (including phenoxy) is 1. The average molecular weight is 232 g/mol. The molecule has 1 aromatic heterocycles. The van der Waals surface area contributed by atoms with Crippen LogP contribution in [-0.2, 0) is 0 Å². The predicted octanol–water partition coefficient (Wildman–Crippen LogP) is 2.86. The van der Waals surface area contributed by atoms with Crippen molar-refractivity contribution in [2.75, 3.05) is 12.8 Å². The predicted molar refractivity (Wildman–Crippen MR) is 67.1 cm³/mol. The number of nitrogens with two attached hydrogens (primary N) is 1. The normalized spacial score (nSPS) is 10.6. The van der Waals surface area contributed by atoms with E-state index in [1.54, 1.807) is 7.11 Å². The fourth-order valence-corrected chi connectivity index (χ4v) is 1.94. The Kier molecular flexibility index (Phi) is 2.79. The highest BCUT2D eigenvalue weighted by Gasteiger charge is 2.18. The zero-order valence-electron chi connectivity index (χ0n) is 10.5. The molecule has 2 rings (SSSR count). The molecule has 0 aliphatic rings. The molecule has 0 spiro atoms. The molecule has 0 aliphatic heterocycles. The van der Waals surface area contributed by atoms with E-state index in [-0.39, 0.29) is 0 Å². The van der Waals surface area contributed by atoms with Gasteiger partial charge in [-0.3, -0.25) is 0 Å². The molecule has 0 atom stereocenters. The van der Waals surface area contributed by atoms with Crippen LogP contribution in [-0.4, -0.2) is 12.3 Å². The summed E-state index contributed by atoms with van der Waals surface area (Å²) in [5, 5.41) is 3.88. The molecule has 1 aromatic carbocycles. The number of aromatic nitrogens is 1. The van der Waals surface area contributed by atoms with Crippen molar-refractivity contribution in [3.8, 4) is 17.1 Å². The smallest absolute Gasteiger partial charge is 0.193 e. The lowest BCUT2D eigenvalue weighted by Gasteiger charge is -2.11. The average Bonchev–Trinajstić information content (AvgIpc) is 2.59. The van der Waals surface area contributed by atoms with E-state index in [2.05, 4.69) is 11.2 Å². The van der Waals surface area contributed by atoms with Crippen molar-refractivity contribution in [1.29, 1.82) is 0 Å². The van der Waals surface area contributed by atoms with Gasteiger partial charge in [-0.2, -0.15) is 0 Å². The highest BCUT2D eigenvalue weighted by molar-refractivity contribution is 5.79. The maximum atomic E-state index is 5.95. The zero-order valence-corrected chi connectivity index (χ0v) is 10.5. The lowest BCUT2D eigenvalue weighted by atomic mass is 10.0. The Balaban J connectivity index is 2.70. The molecular formula is C13H16N2O2. The third-order valence-corrected chi connectivity index (χ3v) is 2.80. The standard InChI is InChI=1S/C13H16N2O2/c1-7-5-8(2)11(10(6-7)16-4)13-12(14)9(3)15-17-13/h5-6H,14H2,1-4H3. The summed E-state index contributed by atoms with van der Waals surface area (Å²) in [6.45, 7) is 5.84. The second-order valence-electron chi connectivity index (χ2n) is 4.17. The Labute approximate surface area is 100 Å². The summed E-state index contributed by atoms with van der Waals surface area (Å²) >= 11 is 0. The second kappa shape index (κ2) is 4.13. The summed E-state index contributed by atoms with van der Waals surface area (Å²) in [6, 6.07) is 4.02. The number of rotatable bonds is 2. The lowest BCUT2D eigenvalue weighted by Crippen LogP contribution is -1.95. The Bertz CT molecular complexity index is 559. The molecule has 0 saturated carbocycles. The van der Waals surface area contributed by atoms with Crippen molar-refractivity contribution >= 4 is 5.69 Å². The first-order valence-corrected chi connectivity index (χ1v) is 5.42. The fourth-order valence-electron chi connectivity index (χ4n) is 1.94. The van der Waals surface area contributed by atoms with E-state index in [9.17, 15) is 0 Å². The van der Waals surface area contributed by atoms with Gasteiger partial charge in [-0.05, 0) is 38.0 Å². The van der Waals surface area contributed by atoms with Crippen LogP contribution in [0, 0.1) is 20.8 Å². The minimum absolute atomic E-state index is 0.565. The van der Waals surface area contributed by atoms with Crippen LogP contribution < -0.4 is 10.5 Å². The zero-order chi connectivity index (χ0) is 12.6. The number of benzene rings is 1. The number of methoxy groups -OCH3 is 1. The van der Waals surface area contributed by atoms with E-state index in [1.807, 2.05) is 26.8 Å². The molecule has 0 fully saturated rings. The number of hydrogen-bond acceptors (Lipinski definition) is 4. The third-order valence-electron chi connectivity index (χ3n) is 2.80. The molecule has 1 heterocycles. The number of nitrogens with zero attached hydrogens (tertiary/aromatic N) is 1. The minimum Gasteiger partial charge on any atom is -0.496 e. The highest BCUT2D eigenvalue weighted by Crippen LogP contribution is 2.38. The maximum absolute atomic E-state index is 5.95. The summed E-state index contributed by atoms with van der Waals surface area (Å²) in [4.78, 5) is 0. The molecule has 17 heavy (non-hydrogen) atoms. The van der Waals surface area contributed by atoms with Crippen LogP contribution in [0.5, 0.6) is 5.75 Å². The van der Waals surface area contributed by atoms with Crippen LogP contribution in [0.3, 0.4) is 0 Å². The van der Waals surface area contributed by atoms with Crippen molar-refractivity contribution in [2.24, 2.45) is 0 Å². The summed E-state index contributed by atoms with van der Waals surface area (Å²) in [5.74, 6) is 1.34. The quantitative estimate of drug-likeness (QED) is 0.864. The topological polar surface area (TPSA) is 61.3 Å². The van der Waals surface area contributed by atoms with Crippen LogP contribution in [0.4, 0.5) is 5.69 Å². The van der Waals surface area contributed by atoms with Gasteiger partial charge < -0.3 is 15.0 Å².